The third-order valence-electron chi connectivity index (χ3n) is 6.42. The highest BCUT2D eigenvalue weighted by molar-refractivity contribution is 5.97. The van der Waals surface area contributed by atoms with Gasteiger partial charge in [0.1, 0.15) is 0 Å². The average Bonchev–Trinajstić information content (AvgIpc) is 3.26. The number of anilines is 2. The van der Waals surface area contributed by atoms with Gasteiger partial charge >= 0.3 is 12.2 Å². The summed E-state index contributed by atoms with van der Waals surface area (Å²) >= 11 is 0. The predicted octanol–water partition coefficient (Wildman–Crippen LogP) is 5.51. The Balaban J connectivity index is 1.36. The second kappa shape index (κ2) is 9.00. The van der Waals surface area contributed by atoms with E-state index >= 15 is 0 Å². The van der Waals surface area contributed by atoms with E-state index in [1.165, 1.54) is 11.6 Å². The highest BCUT2D eigenvalue weighted by Crippen LogP contribution is 2.40. The Bertz CT molecular complexity index is 1180. The van der Waals surface area contributed by atoms with E-state index in [0.29, 0.717) is 23.6 Å². The van der Waals surface area contributed by atoms with Crippen LogP contribution >= 0.6 is 0 Å². The molecule has 0 radical (unpaired) electrons. The molecule has 5 nitrogen and oxygen atoms in total. The molecule has 2 aliphatic heterocycles. The lowest BCUT2D eigenvalue weighted by molar-refractivity contribution is -0.137. The molecule has 1 N–H and O–H groups in total. The van der Waals surface area contributed by atoms with Gasteiger partial charge in [-0.2, -0.15) is 13.2 Å². The fourth-order valence-corrected chi connectivity index (χ4v) is 4.70. The number of carbonyl (C=O) groups excluding carboxylic acids is 1. The number of urea groups is 1. The molecule has 176 valence electrons. The number of carbonyl (C=O) groups is 1. The average molecular weight is 467 g/mol. The summed E-state index contributed by atoms with van der Waals surface area (Å²) < 4.78 is 39.6. The van der Waals surface area contributed by atoms with Gasteiger partial charge in [-0.1, -0.05) is 42.5 Å². The molecule has 0 unspecified atom stereocenters. The van der Waals surface area contributed by atoms with E-state index in [1.807, 2.05) is 24.3 Å². The minimum atomic E-state index is -4.43. The molecule has 3 heterocycles. The van der Waals surface area contributed by atoms with E-state index in [0.717, 1.165) is 50.2 Å². The predicted molar refractivity (Wildman–Crippen MR) is 126 cm³/mol. The Kier molecular flexibility index (Phi) is 5.89. The van der Waals surface area contributed by atoms with Gasteiger partial charge in [0.2, 0.25) is 0 Å². The Labute approximate surface area is 196 Å². The Morgan fingerprint density at radius 3 is 2.68 bits per heavy atom. The maximum absolute atomic E-state index is 13.2. The second-order valence-corrected chi connectivity index (χ2v) is 8.70. The fourth-order valence-electron chi connectivity index (χ4n) is 4.70. The molecule has 0 saturated carbocycles. The first kappa shape index (κ1) is 22.3. The number of nitrogens with one attached hydrogen (secondary N) is 1. The molecule has 0 spiro atoms. The highest BCUT2D eigenvalue weighted by Gasteiger charge is 2.40. The van der Waals surface area contributed by atoms with Crippen LogP contribution in [0.1, 0.15) is 24.0 Å². The fraction of sp³-hybridized carbons (Fsp3) is 0.308. The molecule has 2 bridgehead atoms. The molecule has 1 aromatic heterocycles. The summed E-state index contributed by atoms with van der Waals surface area (Å²) in [7, 11) is 0. The normalized spacial score (nSPS) is 17.0. The van der Waals surface area contributed by atoms with Crippen molar-refractivity contribution in [3.63, 3.8) is 0 Å². The van der Waals surface area contributed by atoms with Crippen molar-refractivity contribution in [2.45, 2.75) is 31.5 Å². The summed E-state index contributed by atoms with van der Waals surface area (Å²) in [5, 5.41) is 3.01. The van der Waals surface area contributed by atoms with Crippen LogP contribution in [0.5, 0.6) is 0 Å². The zero-order valence-electron chi connectivity index (χ0n) is 18.6. The lowest BCUT2D eigenvalue weighted by Crippen LogP contribution is -2.51. The zero-order valence-corrected chi connectivity index (χ0v) is 18.6. The maximum Gasteiger partial charge on any atom is 0.416 e. The molecule has 8 heteroatoms. The smallest absolute Gasteiger partial charge is 0.366 e. The van der Waals surface area contributed by atoms with Crippen LogP contribution in [0.4, 0.5) is 29.5 Å². The highest BCUT2D eigenvalue weighted by atomic mass is 19.4. The molecular weight excluding hydrogens is 441 g/mol. The monoisotopic (exact) mass is 466 g/mol. The van der Waals surface area contributed by atoms with E-state index in [4.69, 9.17) is 0 Å². The lowest BCUT2D eigenvalue weighted by atomic mass is 10.1. The standard InChI is InChI=1S/C26H25F3N4O/c27-26(28,29)20-10-4-9-19(16-20)22-11-12-23-24(31-22)33(21-13-15-32(23)17-21)25(34)30-14-5-8-18-6-2-1-3-7-18/h1-4,6-7,9-12,16,21H,5,8,13-15,17H2,(H,30,34)/t21-/m0/s1. The number of amides is 2. The van der Waals surface area contributed by atoms with Crippen molar-refractivity contribution in [2.24, 2.45) is 0 Å². The lowest BCUT2D eigenvalue weighted by Gasteiger charge is -2.36. The van der Waals surface area contributed by atoms with Crippen molar-refractivity contribution in [2.75, 3.05) is 29.4 Å². The van der Waals surface area contributed by atoms with Crippen molar-refractivity contribution in [3.8, 4) is 11.3 Å². The summed E-state index contributed by atoms with van der Waals surface area (Å²) in [5.74, 6) is 0.504. The number of pyridine rings is 1. The molecule has 2 aromatic carbocycles. The summed E-state index contributed by atoms with van der Waals surface area (Å²) in [4.78, 5) is 21.8. The SMILES string of the molecule is O=C(NCCCc1ccccc1)N1c2nc(-c3cccc(C(F)(F)F)c3)ccc2N2CC[C@H]1C2. The van der Waals surface area contributed by atoms with Gasteiger partial charge in [0.25, 0.3) is 0 Å². The number of alkyl halides is 3. The topological polar surface area (TPSA) is 48.5 Å². The third kappa shape index (κ3) is 4.44. The van der Waals surface area contributed by atoms with Crippen LogP contribution in [0.3, 0.4) is 0 Å². The molecular formula is C26H25F3N4O. The molecule has 2 aliphatic rings. The third-order valence-corrected chi connectivity index (χ3v) is 6.42. The number of halogens is 3. The molecule has 34 heavy (non-hydrogen) atoms. The first-order valence-corrected chi connectivity index (χ1v) is 11.4. The first-order chi connectivity index (χ1) is 16.4. The van der Waals surface area contributed by atoms with Crippen LogP contribution in [0.25, 0.3) is 11.3 Å². The molecule has 1 saturated heterocycles. The molecule has 2 amide bonds. The number of aryl methyl sites for hydroxylation is 1. The second-order valence-electron chi connectivity index (χ2n) is 8.70. The van der Waals surface area contributed by atoms with Gasteiger partial charge in [0.15, 0.2) is 5.82 Å². The van der Waals surface area contributed by atoms with Crippen molar-refractivity contribution in [1.82, 2.24) is 10.3 Å². The number of nitrogens with zero attached hydrogens (tertiary/aromatic N) is 3. The van der Waals surface area contributed by atoms with Gasteiger partial charge in [-0.3, -0.25) is 4.90 Å². The van der Waals surface area contributed by atoms with E-state index in [2.05, 4.69) is 27.3 Å². The molecule has 5 rings (SSSR count). The Hall–Kier alpha value is -3.55. The largest absolute Gasteiger partial charge is 0.416 e. The molecule has 1 fully saturated rings. The van der Waals surface area contributed by atoms with Crippen LogP contribution in [-0.4, -0.2) is 36.7 Å². The van der Waals surface area contributed by atoms with E-state index in [1.54, 1.807) is 17.0 Å². The van der Waals surface area contributed by atoms with E-state index in [9.17, 15) is 18.0 Å². The maximum atomic E-state index is 13.2. The van der Waals surface area contributed by atoms with Gasteiger partial charge in [-0.15, -0.1) is 0 Å². The van der Waals surface area contributed by atoms with Crippen molar-refractivity contribution >= 4 is 17.5 Å². The van der Waals surface area contributed by atoms with Crippen LogP contribution in [0, 0.1) is 0 Å². The van der Waals surface area contributed by atoms with Crippen molar-refractivity contribution in [1.29, 1.82) is 0 Å². The Morgan fingerprint density at radius 1 is 1.06 bits per heavy atom. The van der Waals surface area contributed by atoms with Crippen molar-refractivity contribution < 1.29 is 18.0 Å². The number of hydrogen-bond donors (Lipinski definition) is 1. The number of aromatic nitrogens is 1. The number of rotatable bonds is 5. The minimum Gasteiger partial charge on any atom is -0.366 e. The summed E-state index contributed by atoms with van der Waals surface area (Å²) in [6.07, 6.45) is -1.93. The number of fused-ring (bicyclic) bond motifs is 4. The first-order valence-electron chi connectivity index (χ1n) is 11.4. The van der Waals surface area contributed by atoms with Gasteiger partial charge in [-0.05, 0) is 49.1 Å². The van der Waals surface area contributed by atoms with Gasteiger partial charge in [0.05, 0.1) is 23.0 Å². The molecule has 1 atom stereocenters. The van der Waals surface area contributed by atoms with Gasteiger partial charge < -0.3 is 10.2 Å². The molecule has 0 aliphatic carbocycles. The number of benzene rings is 2. The van der Waals surface area contributed by atoms with Gasteiger partial charge in [-0.25, -0.2) is 9.78 Å². The summed E-state index contributed by atoms with van der Waals surface area (Å²) in [5.41, 5.74) is 2.12. The van der Waals surface area contributed by atoms with Gasteiger partial charge in [0, 0.05) is 25.2 Å². The van der Waals surface area contributed by atoms with Crippen molar-refractivity contribution in [3.05, 3.63) is 77.9 Å². The summed E-state index contributed by atoms with van der Waals surface area (Å²) in [6, 6.07) is 18.6. The van der Waals surface area contributed by atoms with Crippen LogP contribution in [-0.2, 0) is 12.6 Å². The quantitative estimate of drug-likeness (QED) is 0.505. The van der Waals surface area contributed by atoms with E-state index in [-0.39, 0.29) is 12.1 Å². The Morgan fingerprint density at radius 2 is 1.88 bits per heavy atom. The summed E-state index contributed by atoms with van der Waals surface area (Å²) in [6.45, 7) is 2.08. The number of hydrogen-bond acceptors (Lipinski definition) is 3. The van der Waals surface area contributed by atoms with Crippen LogP contribution in [0.2, 0.25) is 0 Å². The zero-order chi connectivity index (χ0) is 23.7. The molecule has 3 aromatic rings. The van der Waals surface area contributed by atoms with E-state index < -0.39 is 11.7 Å². The minimum absolute atomic E-state index is 0.00844. The van der Waals surface area contributed by atoms with Crippen LogP contribution in [0.15, 0.2) is 66.7 Å². The van der Waals surface area contributed by atoms with Crippen LogP contribution < -0.4 is 15.1 Å².